The Kier molecular flexibility index (Phi) is 6.62. The van der Waals surface area contributed by atoms with Crippen molar-refractivity contribution < 1.29 is 0 Å². The highest BCUT2D eigenvalue weighted by Crippen LogP contribution is 2.33. The summed E-state index contributed by atoms with van der Waals surface area (Å²) in [6.07, 6.45) is 6.28. The van der Waals surface area contributed by atoms with Crippen LogP contribution >= 0.6 is 11.6 Å². The number of pyridine rings is 2. The molecule has 0 spiro atoms. The summed E-state index contributed by atoms with van der Waals surface area (Å²) in [6, 6.07) is 15.9. The fourth-order valence-electron chi connectivity index (χ4n) is 5.05. The van der Waals surface area contributed by atoms with Gasteiger partial charge in [0.05, 0.1) is 0 Å². The van der Waals surface area contributed by atoms with Crippen LogP contribution < -0.4 is 10.2 Å². The molecule has 0 bridgehead atoms. The second kappa shape index (κ2) is 9.95. The Labute approximate surface area is 201 Å². The number of hydrogen-bond donors (Lipinski definition) is 1. The molecule has 3 unspecified atom stereocenters. The monoisotopic (exact) mass is 456 g/mol. The normalized spacial score (nSPS) is 22.6. The number of nitrogens with one attached hydrogen (secondary N) is 1. The lowest BCUT2D eigenvalue weighted by Gasteiger charge is -2.34. The van der Waals surface area contributed by atoms with Gasteiger partial charge in [0, 0.05) is 41.6 Å². The Balaban J connectivity index is 1.21. The van der Waals surface area contributed by atoms with Crippen LogP contribution in [0, 0.1) is 29.6 Å². The van der Waals surface area contributed by atoms with Crippen LogP contribution in [-0.4, -0.2) is 36.1 Å². The molecule has 0 radical (unpaired) electrons. The van der Waals surface area contributed by atoms with Gasteiger partial charge in [-0.1, -0.05) is 42.6 Å². The van der Waals surface area contributed by atoms with E-state index in [4.69, 9.17) is 16.6 Å². The number of aromatic nitrogens is 2. The fourth-order valence-corrected chi connectivity index (χ4v) is 5.18. The van der Waals surface area contributed by atoms with Crippen molar-refractivity contribution in [3.8, 4) is 23.0 Å². The first-order chi connectivity index (χ1) is 16.2. The summed E-state index contributed by atoms with van der Waals surface area (Å²) in [7, 11) is 0. The van der Waals surface area contributed by atoms with Crippen molar-refractivity contribution in [2.75, 3.05) is 31.1 Å². The van der Waals surface area contributed by atoms with Crippen molar-refractivity contribution >= 4 is 17.4 Å². The van der Waals surface area contributed by atoms with Crippen molar-refractivity contribution in [2.45, 2.75) is 19.8 Å². The lowest BCUT2D eigenvalue weighted by atomic mass is 9.78. The van der Waals surface area contributed by atoms with Gasteiger partial charge in [0.25, 0.3) is 0 Å². The third kappa shape index (κ3) is 5.21. The quantitative estimate of drug-likeness (QED) is 0.545. The van der Waals surface area contributed by atoms with Crippen molar-refractivity contribution in [3.63, 3.8) is 0 Å². The Hall–Kier alpha value is -2.87. The summed E-state index contributed by atoms with van der Waals surface area (Å²) in [5.74, 6) is 9.76. The lowest BCUT2D eigenvalue weighted by molar-refractivity contribution is 0.202. The molecule has 2 aliphatic rings. The van der Waals surface area contributed by atoms with E-state index in [0.29, 0.717) is 0 Å². The van der Waals surface area contributed by atoms with Crippen LogP contribution in [0.4, 0.5) is 5.82 Å². The molecule has 3 atom stereocenters. The van der Waals surface area contributed by atoms with Gasteiger partial charge in [-0.3, -0.25) is 0 Å². The van der Waals surface area contributed by atoms with Crippen molar-refractivity contribution in [1.29, 1.82) is 0 Å². The van der Waals surface area contributed by atoms with Gasteiger partial charge in [-0.05, 0) is 85.5 Å². The first-order valence-corrected chi connectivity index (χ1v) is 12.2. The molecule has 2 saturated heterocycles. The average molecular weight is 457 g/mol. The second-order valence-corrected chi connectivity index (χ2v) is 9.66. The number of halogens is 1. The second-order valence-electron chi connectivity index (χ2n) is 9.22. The summed E-state index contributed by atoms with van der Waals surface area (Å²) in [4.78, 5) is 11.6. The number of benzene rings is 1. The summed E-state index contributed by atoms with van der Waals surface area (Å²) in [6.45, 7) is 6.95. The molecular formula is C28H29ClN4. The van der Waals surface area contributed by atoms with Gasteiger partial charge in [0.15, 0.2) is 0 Å². The SMILES string of the molecule is CC1CCNCC1C1CCN(c2ccc(C#Cc3ccc(-c4ccc(Cl)cc4)cn3)cn2)C1. The minimum absolute atomic E-state index is 0.731. The molecule has 2 aliphatic heterocycles. The summed E-state index contributed by atoms with van der Waals surface area (Å²) in [5, 5.41) is 4.32. The highest BCUT2D eigenvalue weighted by molar-refractivity contribution is 6.30. The zero-order chi connectivity index (χ0) is 22.6. The summed E-state index contributed by atoms with van der Waals surface area (Å²) in [5.41, 5.74) is 3.78. The van der Waals surface area contributed by atoms with Crippen LogP contribution in [0.1, 0.15) is 31.0 Å². The Morgan fingerprint density at radius 1 is 0.939 bits per heavy atom. The maximum absolute atomic E-state index is 5.97. The number of anilines is 1. The van der Waals surface area contributed by atoms with E-state index in [1.165, 1.54) is 19.4 Å². The number of rotatable bonds is 3. The van der Waals surface area contributed by atoms with Crippen LogP contribution in [0.15, 0.2) is 60.9 Å². The molecule has 1 aromatic carbocycles. The smallest absolute Gasteiger partial charge is 0.128 e. The van der Waals surface area contributed by atoms with E-state index in [2.05, 4.69) is 46.1 Å². The standard InChI is InChI=1S/C28H29ClN4/c1-20-12-14-30-18-27(20)24-13-15-33(19-24)28-11-3-21(16-32-28)2-9-26-10-6-23(17-31-26)22-4-7-25(29)8-5-22/h3-8,10-11,16-17,20,24,27,30H,12-15,18-19H2,1H3. The molecule has 0 aliphatic carbocycles. The van der Waals surface area contributed by atoms with Gasteiger partial charge in [0.1, 0.15) is 11.5 Å². The first kappa shape index (κ1) is 21.9. The predicted octanol–water partition coefficient (Wildman–Crippen LogP) is 5.27. The van der Waals surface area contributed by atoms with Crippen molar-refractivity contribution in [3.05, 3.63) is 77.2 Å². The van der Waals surface area contributed by atoms with Gasteiger partial charge in [-0.15, -0.1) is 0 Å². The van der Waals surface area contributed by atoms with Gasteiger partial charge in [-0.2, -0.15) is 0 Å². The van der Waals surface area contributed by atoms with Crippen LogP contribution in [0.3, 0.4) is 0 Å². The molecule has 2 fully saturated rings. The van der Waals surface area contributed by atoms with Crippen LogP contribution in [0.5, 0.6) is 0 Å². The van der Waals surface area contributed by atoms with E-state index < -0.39 is 0 Å². The Morgan fingerprint density at radius 2 is 1.79 bits per heavy atom. The molecule has 3 aromatic rings. The van der Waals surface area contributed by atoms with E-state index in [1.54, 1.807) is 0 Å². The molecule has 0 amide bonds. The van der Waals surface area contributed by atoms with Crippen LogP contribution in [-0.2, 0) is 0 Å². The lowest BCUT2D eigenvalue weighted by Crippen LogP contribution is -2.40. The van der Waals surface area contributed by atoms with Crippen LogP contribution in [0.2, 0.25) is 5.02 Å². The molecule has 5 heteroatoms. The highest BCUT2D eigenvalue weighted by Gasteiger charge is 2.34. The fraction of sp³-hybridized carbons (Fsp3) is 0.357. The minimum Gasteiger partial charge on any atom is -0.356 e. The highest BCUT2D eigenvalue weighted by atomic mass is 35.5. The molecule has 168 valence electrons. The predicted molar refractivity (Wildman–Crippen MR) is 135 cm³/mol. The third-order valence-electron chi connectivity index (χ3n) is 7.07. The van der Waals surface area contributed by atoms with E-state index >= 15 is 0 Å². The molecule has 5 rings (SSSR count). The number of piperidine rings is 1. The molecular weight excluding hydrogens is 428 g/mol. The maximum atomic E-state index is 5.97. The maximum Gasteiger partial charge on any atom is 0.128 e. The average Bonchev–Trinajstić information content (AvgIpc) is 3.34. The Morgan fingerprint density at radius 3 is 2.52 bits per heavy atom. The molecule has 4 nitrogen and oxygen atoms in total. The van der Waals surface area contributed by atoms with E-state index in [-0.39, 0.29) is 0 Å². The summed E-state index contributed by atoms with van der Waals surface area (Å²) >= 11 is 5.97. The van der Waals surface area contributed by atoms with E-state index in [1.807, 2.05) is 48.8 Å². The topological polar surface area (TPSA) is 41.0 Å². The van der Waals surface area contributed by atoms with E-state index in [0.717, 1.165) is 70.6 Å². The molecule has 33 heavy (non-hydrogen) atoms. The third-order valence-corrected chi connectivity index (χ3v) is 7.32. The van der Waals surface area contributed by atoms with Gasteiger partial charge >= 0.3 is 0 Å². The Bertz CT molecular complexity index is 1130. The minimum atomic E-state index is 0.731. The molecule has 0 saturated carbocycles. The molecule has 4 heterocycles. The molecule has 1 N–H and O–H groups in total. The van der Waals surface area contributed by atoms with Gasteiger partial charge in [-0.25, -0.2) is 9.97 Å². The summed E-state index contributed by atoms with van der Waals surface area (Å²) < 4.78 is 0. The largest absolute Gasteiger partial charge is 0.356 e. The van der Waals surface area contributed by atoms with Gasteiger partial charge < -0.3 is 10.2 Å². The zero-order valence-electron chi connectivity index (χ0n) is 19.0. The van der Waals surface area contributed by atoms with Gasteiger partial charge in [0.2, 0.25) is 0 Å². The van der Waals surface area contributed by atoms with Crippen molar-refractivity contribution in [1.82, 2.24) is 15.3 Å². The van der Waals surface area contributed by atoms with Crippen molar-refractivity contribution in [2.24, 2.45) is 17.8 Å². The zero-order valence-corrected chi connectivity index (χ0v) is 19.7. The molecule has 2 aromatic heterocycles. The van der Waals surface area contributed by atoms with E-state index in [9.17, 15) is 0 Å². The first-order valence-electron chi connectivity index (χ1n) is 11.8. The number of nitrogens with zero attached hydrogens (tertiary/aromatic N) is 3. The van der Waals surface area contributed by atoms with Crippen LogP contribution in [0.25, 0.3) is 11.1 Å². The number of hydrogen-bond acceptors (Lipinski definition) is 4.